The van der Waals surface area contributed by atoms with Crippen molar-refractivity contribution in [3.05, 3.63) is 0 Å². The van der Waals surface area contributed by atoms with E-state index in [0.717, 1.165) is 31.1 Å². The number of aliphatic hydroxyl groups excluding tert-OH is 1. The van der Waals surface area contributed by atoms with Gasteiger partial charge in [0.2, 0.25) is 0 Å². The zero-order valence-electron chi connectivity index (χ0n) is 8.54. The Morgan fingerprint density at radius 3 is 2.36 bits per heavy atom. The van der Waals surface area contributed by atoms with Gasteiger partial charge in [0.25, 0.3) is 0 Å². The summed E-state index contributed by atoms with van der Waals surface area (Å²) in [5.41, 5.74) is 0.0950. The lowest BCUT2D eigenvalue weighted by molar-refractivity contribution is -0.148. The maximum atomic E-state index is 11.2. The van der Waals surface area contributed by atoms with E-state index in [9.17, 15) is 9.90 Å². The molecule has 14 heavy (non-hydrogen) atoms. The van der Waals surface area contributed by atoms with E-state index < -0.39 is 0 Å². The molecule has 4 rings (SSSR count). The Labute approximate surface area is 84.7 Å². The van der Waals surface area contributed by atoms with Gasteiger partial charge in [0.05, 0.1) is 0 Å². The first-order chi connectivity index (χ1) is 6.69. The van der Waals surface area contributed by atoms with Gasteiger partial charge < -0.3 is 9.90 Å². The third-order valence-electron chi connectivity index (χ3n) is 4.81. The Bertz CT molecular complexity index is 257. The molecular formula is C12H18O2. The fraction of sp³-hybridized carbons (Fsp3) is 0.917. The molecule has 78 valence electrons. The van der Waals surface area contributed by atoms with Crippen molar-refractivity contribution >= 4 is 6.29 Å². The predicted molar refractivity (Wildman–Crippen MR) is 52.7 cm³/mol. The average Bonchev–Trinajstić information content (AvgIpc) is 2.16. The highest BCUT2D eigenvalue weighted by Gasteiger charge is 2.57. The lowest BCUT2D eigenvalue weighted by Gasteiger charge is -2.60. The van der Waals surface area contributed by atoms with Crippen LogP contribution in [0.15, 0.2) is 0 Å². The molecule has 2 atom stereocenters. The maximum Gasteiger partial charge on any atom is 0.126 e. The molecule has 2 heteroatoms. The van der Waals surface area contributed by atoms with Crippen molar-refractivity contribution in [2.24, 2.45) is 22.7 Å². The van der Waals surface area contributed by atoms with Gasteiger partial charge in [-0.25, -0.2) is 0 Å². The van der Waals surface area contributed by atoms with Crippen LogP contribution in [0.4, 0.5) is 0 Å². The first-order valence-electron chi connectivity index (χ1n) is 5.76. The van der Waals surface area contributed by atoms with Crippen LogP contribution in [-0.4, -0.2) is 18.0 Å². The Kier molecular flexibility index (Phi) is 1.65. The second-order valence-electron chi connectivity index (χ2n) is 6.10. The van der Waals surface area contributed by atoms with Crippen molar-refractivity contribution in [1.29, 1.82) is 0 Å². The van der Waals surface area contributed by atoms with Gasteiger partial charge >= 0.3 is 0 Å². The Morgan fingerprint density at radius 2 is 1.86 bits per heavy atom. The average molecular weight is 194 g/mol. The normalized spacial score (nSPS) is 54.9. The molecule has 4 fully saturated rings. The molecule has 0 aromatic carbocycles. The molecule has 1 N–H and O–H groups in total. The topological polar surface area (TPSA) is 37.3 Å². The quantitative estimate of drug-likeness (QED) is 0.680. The predicted octanol–water partition coefficient (Wildman–Crippen LogP) is 1.76. The summed E-state index contributed by atoms with van der Waals surface area (Å²) in [5.74, 6) is 1.46. The first-order valence-corrected chi connectivity index (χ1v) is 5.76. The van der Waals surface area contributed by atoms with Gasteiger partial charge in [0, 0.05) is 12.0 Å². The molecule has 4 bridgehead atoms. The lowest BCUT2D eigenvalue weighted by atomic mass is 9.45. The van der Waals surface area contributed by atoms with Crippen molar-refractivity contribution in [2.45, 2.75) is 38.5 Å². The molecule has 0 aliphatic heterocycles. The highest BCUT2D eigenvalue weighted by Crippen LogP contribution is 2.64. The molecule has 4 aliphatic rings. The Balaban J connectivity index is 1.97. The Morgan fingerprint density at radius 1 is 1.21 bits per heavy atom. The summed E-state index contributed by atoms with van der Waals surface area (Å²) in [4.78, 5) is 11.2. The number of aldehydes is 1. The third-order valence-corrected chi connectivity index (χ3v) is 4.81. The van der Waals surface area contributed by atoms with Crippen LogP contribution in [-0.2, 0) is 4.79 Å². The summed E-state index contributed by atoms with van der Waals surface area (Å²) >= 11 is 0. The number of hydrogen-bond donors (Lipinski definition) is 1. The second kappa shape index (κ2) is 2.60. The number of hydrogen-bond acceptors (Lipinski definition) is 2. The van der Waals surface area contributed by atoms with Crippen LogP contribution in [0.1, 0.15) is 38.5 Å². The standard InChI is InChI=1S/C12H18O2/c13-7-11-2-9-1-10(4-11)5-12(3-9,6-11)8-14/h7,9-10,14H,1-6,8H2. The summed E-state index contributed by atoms with van der Waals surface area (Å²) in [6, 6.07) is 0. The van der Waals surface area contributed by atoms with E-state index in [0.29, 0.717) is 6.61 Å². The van der Waals surface area contributed by atoms with Crippen LogP contribution in [0.3, 0.4) is 0 Å². The summed E-state index contributed by atoms with van der Waals surface area (Å²) in [6.45, 7) is 0.301. The summed E-state index contributed by atoms with van der Waals surface area (Å²) < 4.78 is 0. The van der Waals surface area contributed by atoms with Gasteiger partial charge in [0.1, 0.15) is 6.29 Å². The SMILES string of the molecule is O=CC12CC3CC(C1)CC(CO)(C3)C2. The van der Waals surface area contributed by atoms with E-state index in [1.54, 1.807) is 0 Å². The summed E-state index contributed by atoms with van der Waals surface area (Å²) in [6.07, 6.45) is 8.05. The molecule has 4 aliphatic carbocycles. The number of aliphatic hydroxyl groups is 1. The van der Waals surface area contributed by atoms with Crippen LogP contribution >= 0.6 is 0 Å². The van der Waals surface area contributed by atoms with E-state index in [-0.39, 0.29) is 10.8 Å². The number of carbonyl (C=O) groups excluding carboxylic acids is 1. The van der Waals surface area contributed by atoms with Crippen LogP contribution in [0.2, 0.25) is 0 Å². The molecule has 0 amide bonds. The number of carbonyl (C=O) groups is 1. The number of rotatable bonds is 2. The molecule has 0 saturated heterocycles. The minimum atomic E-state index is -0.0349. The largest absolute Gasteiger partial charge is 0.396 e. The summed E-state index contributed by atoms with van der Waals surface area (Å²) in [7, 11) is 0. The zero-order chi connectivity index (χ0) is 9.81. The van der Waals surface area contributed by atoms with E-state index in [1.807, 2.05) is 0 Å². The molecular weight excluding hydrogens is 176 g/mol. The van der Waals surface area contributed by atoms with Gasteiger partial charge in [-0.05, 0) is 55.8 Å². The molecule has 0 radical (unpaired) electrons. The van der Waals surface area contributed by atoms with Gasteiger partial charge in [0.15, 0.2) is 0 Å². The van der Waals surface area contributed by atoms with E-state index in [2.05, 4.69) is 0 Å². The van der Waals surface area contributed by atoms with Crippen LogP contribution < -0.4 is 0 Å². The van der Waals surface area contributed by atoms with Gasteiger partial charge in [-0.1, -0.05) is 0 Å². The van der Waals surface area contributed by atoms with E-state index >= 15 is 0 Å². The monoisotopic (exact) mass is 194 g/mol. The molecule has 4 saturated carbocycles. The van der Waals surface area contributed by atoms with E-state index in [4.69, 9.17) is 0 Å². The van der Waals surface area contributed by atoms with Crippen LogP contribution in [0.5, 0.6) is 0 Å². The third kappa shape index (κ3) is 1.04. The maximum absolute atomic E-state index is 11.2. The molecule has 0 aromatic rings. The zero-order valence-corrected chi connectivity index (χ0v) is 8.54. The van der Waals surface area contributed by atoms with Crippen molar-refractivity contribution in [1.82, 2.24) is 0 Å². The highest BCUT2D eigenvalue weighted by molar-refractivity contribution is 5.60. The fourth-order valence-electron chi connectivity index (χ4n) is 4.85. The first kappa shape index (κ1) is 8.90. The van der Waals surface area contributed by atoms with E-state index in [1.165, 1.54) is 25.5 Å². The minimum Gasteiger partial charge on any atom is -0.396 e. The van der Waals surface area contributed by atoms with Gasteiger partial charge in [-0.2, -0.15) is 0 Å². The lowest BCUT2D eigenvalue weighted by Crippen LogP contribution is -2.53. The molecule has 2 unspecified atom stereocenters. The van der Waals surface area contributed by atoms with Crippen molar-refractivity contribution in [2.75, 3.05) is 6.61 Å². The fourth-order valence-corrected chi connectivity index (χ4v) is 4.85. The minimum absolute atomic E-state index is 0.0349. The highest BCUT2D eigenvalue weighted by atomic mass is 16.3. The molecule has 2 nitrogen and oxygen atoms in total. The van der Waals surface area contributed by atoms with Crippen molar-refractivity contribution in [3.8, 4) is 0 Å². The van der Waals surface area contributed by atoms with Crippen molar-refractivity contribution in [3.63, 3.8) is 0 Å². The van der Waals surface area contributed by atoms with Gasteiger partial charge in [-0.3, -0.25) is 0 Å². The van der Waals surface area contributed by atoms with Crippen LogP contribution in [0.25, 0.3) is 0 Å². The summed E-state index contributed by atoms with van der Waals surface area (Å²) in [5, 5.41) is 9.53. The smallest absolute Gasteiger partial charge is 0.126 e. The molecule has 0 aromatic heterocycles. The van der Waals surface area contributed by atoms with Crippen LogP contribution in [0, 0.1) is 22.7 Å². The second-order valence-corrected chi connectivity index (χ2v) is 6.10. The Hall–Kier alpha value is -0.370. The molecule has 0 heterocycles. The van der Waals surface area contributed by atoms with Crippen molar-refractivity contribution < 1.29 is 9.90 Å². The molecule has 0 spiro atoms. The van der Waals surface area contributed by atoms with Gasteiger partial charge in [-0.15, -0.1) is 0 Å².